The molecule has 2 saturated heterocycles. The minimum Gasteiger partial charge on any atom is -0.444 e. The normalized spacial score (nSPS) is 27.2. The van der Waals surface area contributed by atoms with Crippen LogP contribution in [0, 0.1) is 47.3 Å². The number of allylic oxidation sites excluding steroid dienone is 2. The lowest BCUT2D eigenvalue weighted by molar-refractivity contribution is -0.166. The van der Waals surface area contributed by atoms with Crippen LogP contribution in [0.4, 0.5) is 9.59 Å². The number of hydrogen-bond donors (Lipinski definition) is 2. The molecule has 0 aromatic heterocycles. The highest BCUT2D eigenvalue weighted by Crippen LogP contribution is 2.68. The van der Waals surface area contributed by atoms with Gasteiger partial charge in [-0.25, -0.2) is 29.0 Å². The maximum atomic E-state index is 14.0. The van der Waals surface area contributed by atoms with E-state index < -0.39 is 132 Å². The minimum absolute atomic E-state index is 0.0573. The molecule has 8 rings (SSSR count). The number of rotatable bonds is 12. The van der Waals surface area contributed by atoms with Crippen LogP contribution in [0.2, 0.25) is 0 Å². The number of hydrogen-bond acceptors (Lipinski definition) is 12. The lowest BCUT2D eigenvalue weighted by Crippen LogP contribution is -2.63. The number of alkyl carbamates (subject to hydrolysis) is 2. The summed E-state index contributed by atoms with van der Waals surface area (Å²) in [6.45, 7) is 8.72. The molecule has 4 aliphatic carbocycles. The van der Waals surface area contributed by atoms with Crippen LogP contribution in [0.25, 0.3) is 0 Å². The van der Waals surface area contributed by atoms with Crippen LogP contribution in [0.3, 0.4) is 0 Å². The Morgan fingerprint density at radius 2 is 0.883 bits per heavy atom. The third-order valence-electron chi connectivity index (χ3n) is 11.7. The summed E-state index contributed by atoms with van der Waals surface area (Å²) in [6.07, 6.45) is 2.10. The van der Waals surface area contributed by atoms with Gasteiger partial charge in [0.25, 0.3) is 0 Å². The number of nitrogens with zero attached hydrogens (tertiary/aromatic N) is 2. The summed E-state index contributed by atoms with van der Waals surface area (Å²) in [6, 6.07) is 15.5. The number of esters is 2. The van der Waals surface area contributed by atoms with Gasteiger partial charge in [0.15, 0.2) is 13.5 Å². The van der Waals surface area contributed by atoms with Gasteiger partial charge < -0.3 is 29.6 Å². The van der Waals surface area contributed by atoms with Crippen molar-refractivity contribution in [1.82, 2.24) is 20.4 Å². The van der Waals surface area contributed by atoms with E-state index in [9.17, 15) is 38.4 Å². The van der Waals surface area contributed by atoms with Crippen molar-refractivity contribution in [3.05, 3.63) is 83.9 Å². The van der Waals surface area contributed by atoms with E-state index in [1.54, 1.807) is 102 Å². The van der Waals surface area contributed by atoms with Crippen LogP contribution < -0.4 is 10.6 Å². The number of nitrogens with one attached hydrogen (secondary N) is 2. The molecule has 2 N–H and O–H groups in total. The summed E-state index contributed by atoms with van der Waals surface area (Å²) in [4.78, 5) is 110. The summed E-state index contributed by atoms with van der Waals surface area (Å²) in [5.41, 5.74) is -0.225. The molecule has 6 aliphatic rings. The van der Waals surface area contributed by atoms with E-state index in [2.05, 4.69) is 10.6 Å². The highest BCUT2D eigenvalue weighted by molar-refractivity contribution is 6.09. The van der Waals surface area contributed by atoms with E-state index in [0.29, 0.717) is 0 Å². The van der Waals surface area contributed by atoms with Gasteiger partial charge in [-0.3, -0.25) is 19.2 Å². The second-order valence-electron chi connectivity index (χ2n) is 18.0. The first-order valence-electron chi connectivity index (χ1n) is 20.1. The zero-order valence-electron chi connectivity index (χ0n) is 34.3. The number of ether oxygens (including phenoxy) is 4. The van der Waals surface area contributed by atoms with Crippen molar-refractivity contribution in [2.24, 2.45) is 47.3 Å². The van der Waals surface area contributed by atoms with Gasteiger partial charge >= 0.3 is 24.1 Å². The average molecular weight is 827 g/mol. The maximum absolute atomic E-state index is 14.0. The van der Waals surface area contributed by atoms with Gasteiger partial charge in [-0.2, -0.15) is 0 Å². The number of imide groups is 2. The Balaban J connectivity index is 1.00. The lowest BCUT2D eigenvalue weighted by atomic mass is 9.40. The van der Waals surface area contributed by atoms with Gasteiger partial charge in [-0.1, -0.05) is 72.8 Å². The first-order valence-corrected chi connectivity index (χ1v) is 20.1. The summed E-state index contributed by atoms with van der Waals surface area (Å²) < 4.78 is 21.7. The summed E-state index contributed by atoms with van der Waals surface area (Å²) >= 11 is 0. The number of carbonyl (C=O) groups excluding carboxylic acids is 8. The number of amides is 6. The number of likely N-dealkylation sites (tertiary alicyclic amines) is 2. The molecule has 318 valence electrons. The molecule has 0 spiro atoms. The largest absolute Gasteiger partial charge is 0.444 e. The molecule has 10 atom stereocenters. The predicted octanol–water partition coefficient (Wildman–Crippen LogP) is 3.52. The Morgan fingerprint density at radius 3 is 1.22 bits per heavy atom. The van der Waals surface area contributed by atoms with Crippen LogP contribution in [0.5, 0.6) is 0 Å². The second-order valence-corrected chi connectivity index (χ2v) is 18.0. The van der Waals surface area contributed by atoms with Crippen LogP contribution in [0.1, 0.15) is 52.7 Å². The summed E-state index contributed by atoms with van der Waals surface area (Å²) in [5.74, 6) is -9.10. The summed E-state index contributed by atoms with van der Waals surface area (Å²) in [5, 5.41) is 5.08. The lowest BCUT2D eigenvalue weighted by Gasteiger charge is -2.60. The SMILES string of the molecule is CC(C)(C)OC(=O)N[C@@H](Cc1ccccc1)C(=O)OCN1C(=O)[C@H]2[C@@H]3C=C[C@@H]([C@@H]2C1=O)[C@H]1[C@H]2C(=O)N(COC(=O)[C@@H](Cc4ccccc4)NC(=O)OC(C)(C)C)C(=O)[C@@H]2[C@H]31. The molecule has 2 aromatic rings. The van der Waals surface area contributed by atoms with E-state index in [4.69, 9.17) is 18.9 Å². The zero-order valence-corrected chi connectivity index (χ0v) is 34.3. The minimum atomic E-state index is -1.19. The van der Waals surface area contributed by atoms with E-state index in [-0.39, 0.29) is 12.8 Å². The third-order valence-corrected chi connectivity index (χ3v) is 11.7. The number of fused-ring (bicyclic) bond motifs is 1. The van der Waals surface area contributed by atoms with E-state index in [0.717, 1.165) is 20.9 Å². The molecule has 4 fully saturated rings. The van der Waals surface area contributed by atoms with Crippen molar-refractivity contribution in [2.75, 3.05) is 13.5 Å². The van der Waals surface area contributed by atoms with Gasteiger partial charge in [0.1, 0.15) is 23.3 Å². The standard InChI is InChI=1S/C44H50N4O12/c1-43(2,3)59-41(55)45-27(19-23-13-9-7-10-14-23)39(53)57-21-47-35(49)31-25-17-18-26(32(31)36(47)50)30-29(25)33-34(30)38(52)48(37(33)51)22-58-40(54)28(20-24-15-11-8-12-16-24)46-42(56)60-44(4,5)6/h7-18,25-34H,19-22H2,1-6H3,(H,45,55)(H,46,56)/t25-,26-,27+,28-,29-,30-,31+,32+,33-,34-/m1/s1. The molecule has 16 heteroatoms. The van der Waals surface area contributed by atoms with Crippen LogP contribution >= 0.6 is 0 Å². The molecular formula is C44H50N4O12. The van der Waals surface area contributed by atoms with Gasteiger partial charge in [0.2, 0.25) is 23.6 Å². The van der Waals surface area contributed by atoms with Gasteiger partial charge in [0, 0.05) is 12.8 Å². The van der Waals surface area contributed by atoms with E-state index in [1.165, 1.54) is 0 Å². The fraction of sp³-hybridized carbons (Fsp3) is 0.500. The van der Waals surface area contributed by atoms with Crippen LogP contribution in [-0.2, 0) is 60.6 Å². The smallest absolute Gasteiger partial charge is 0.408 e. The van der Waals surface area contributed by atoms with Crippen molar-refractivity contribution in [3.8, 4) is 0 Å². The molecule has 6 amide bonds. The molecule has 16 nitrogen and oxygen atoms in total. The molecule has 2 saturated carbocycles. The predicted molar refractivity (Wildman–Crippen MR) is 209 cm³/mol. The highest BCUT2D eigenvalue weighted by Gasteiger charge is 2.75. The van der Waals surface area contributed by atoms with Crippen molar-refractivity contribution >= 4 is 47.8 Å². The summed E-state index contributed by atoms with van der Waals surface area (Å²) in [7, 11) is 0. The second kappa shape index (κ2) is 16.2. The molecule has 60 heavy (non-hydrogen) atoms. The fourth-order valence-corrected chi connectivity index (χ4v) is 9.42. The van der Waals surface area contributed by atoms with Crippen molar-refractivity contribution in [3.63, 3.8) is 0 Å². The number of carbonyl (C=O) groups is 8. The van der Waals surface area contributed by atoms with Gasteiger partial charge in [-0.15, -0.1) is 0 Å². The molecule has 0 radical (unpaired) electrons. The Kier molecular flexibility index (Phi) is 11.3. The monoisotopic (exact) mass is 826 g/mol. The Labute approximate surface area is 347 Å². The molecule has 2 heterocycles. The van der Waals surface area contributed by atoms with Crippen LogP contribution in [0.15, 0.2) is 72.8 Å². The van der Waals surface area contributed by atoms with Gasteiger partial charge in [0.05, 0.1) is 23.7 Å². The van der Waals surface area contributed by atoms with Gasteiger partial charge in [-0.05, 0) is 76.3 Å². The topological polar surface area (TPSA) is 204 Å². The van der Waals surface area contributed by atoms with Crippen molar-refractivity contribution < 1.29 is 57.3 Å². The molecule has 0 unspecified atom stereocenters. The van der Waals surface area contributed by atoms with Crippen molar-refractivity contribution in [2.45, 2.75) is 77.7 Å². The number of benzene rings is 2. The Morgan fingerprint density at radius 1 is 0.550 bits per heavy atom. The molecule has 2 bridgehead atoms. The average Bonchev–Trinajstić information content (AvgIpc) is 3.53. The first-order chi connectivity index (χ1) is 28.3. The molecular weight excluding hydrogens is 776 g/mol. The third kappa shape index (κ3) is 8.36. The van der Waals surface area contributed by atoms with Crippen molar-refractivity contribution in [1.29, 1.82) is 0 Å². The highest BCUT2D eigenvalue weighted by atomic mass is 16.6. The van der Waals surface area contributed by atoms with E-state index >= 15 is 0 Å². The molecule has 2 aliphatic heterocycles. The Hall–Kier alpha value is -6.06. The maximum Gasteiger partial charge on any atom is 0.408 e. The van der Waals surface area contributed by atoms with Crippen LogP contribution in [-0.4, -0.2) is 94.3 Å². The first kappa shape index (κ1) is 42.1. The fourth-order valence-electron chi connectivity index (χ4n) is 9.42. The Bertz CT molecular complexity index is 2040. The zero-order chi connectivity index (χ0) is 43.3. The quantitative estimate of drug-likeness (QED) is 0.137. The molecule has 2 aromatic carbocycles. The van der Waals surface area contributed by atoms with E-state index in [1.807, 2.05) is 12.2 Å².